The molecule has 1 aliphatic heterocycles. The third-order valence-corrected chi connectivity index (χ3v) is 11.1. The fourth-order valence-electron chi connectivity index (χ4n) is 7.55. The maximum atomic E-state index is 13.6. The Labute approximate surface area is 349 Å². The summed E-state index contributed by atoms with van der Waals surface area (Å²) in [6.45, 7) is 13.3. The van der Waals surface area contributed by atoms with Crippen molar-refractivity contribution in [3.63, 3.8) is 0 Å². The van der Waals surface area contributed by atoms with Crippen molar-refractivity contribution in [2.75, 3.05) is 19.0 Å². The van der Waals surface area contributed by atoms with Crippen molar-refractivity contribution in [2.24, 2.45) is 4.40 Å². The Kier molecular flexibility index (Phi) is 17.6. The number of carbonyl (C=O) groups excluding carboxylic acids is 3. The van der Waals surface area contributed by atoms with Crippen LogP contribution in [0.4, 0.5) is 0 Å². The fraction of sp³-hybridized carbons (Fsp3) is 0.511. The Bertz CT molecular complexity index is 1820. The lowest BCUT2D eigenvalue weighted by molar-refractivity contribution is -0.300. The van der Waals surface area contributed by atoms with Crippen LogP contribution in [0.25, 0.3) is 0 Å². The molecule has 3 aromatic rings. The molecule has 0 aliphatic carbocycles. The lowest BCUT2D eigenvalue weighted by atomic mass is 9.80. The highest BCUT2D eigenvalue weighted by Gasteiger charge is 2.51. The van der Waals surface area contributed by atoms with Crippen molar-refractivity contribution in [1.82, 2.24) is 4.90 Å². The van der Waals surface area contributed by atoms with Gasteiger partial charge in [0, 0.05) is 45.9 Å². The van der Waals surface area contributed by atoms with Crippen LogP contribution >= 0.6 is 0 Å². The van der Waals surface area contributed by atoms with Gasteiger partial charge >= 0.3 is 17.9 Å². The summed E-state index contributed by atoms with van der Waals surface area (Å²) in [6, 6.07) is 30.1. The number of carbonyl (C=O) groups is 3. The number of hydrogen-bond donors (Lipinski definition) is 0. The molecule has 0 spiro atoms. The molecule has 1 aliphatic rings. The monoisotopic (exact) mass is 836 g/mol. The number of sulfonamides is 1. The van der Waals surface area contributed by atoms with E-state index < -0.39 is 64.2 Å². The smallest absolute Gasteiger partial charge is 0.303 e. The standard InChI is InChI=1S/C45H60N2O11S/c1-31(2)47(32(3)4)40(27-29-53-44-43(58-36(8)50)42(57-35(7)49)41(33(5)55-44)56-34(6)48)46-59(51,52)30-20-12-19-28-54-45(37-21-13-9-14-22-37,38-23-15-10-16-24-38)39-25-17-11-18-26-39/h9-11,13-18,21-26,31-33,41-44H,12,19-20,27-30H2,1-8H3/b46-40+/t33-,41+,42+,43-,44-/m1/s1. The van der Waals surface area contributed by atoms with E-state index in [9.17, 15) is 22.8 Å². The Hall–Kier alpha value is -4.63. The molecular formula is C45H60N2O11S. The maximum Gasteiger partial charge on any atom is 0.303 e. The normalized spacial score (nSPS) is 20.0. The first kappa shape index (κ1) is 47.1. The van der Waals surface area contributed by atoms with Gasteiger partial charge in [0.05, 0.1) is 18.5 Å². The quantitative estimate of drug-likeness (QED) is 0.0289. The SMILES string of the molecule is CC(=O)O[C@H]1[C@@H](OC(C)=O)[C@@H](C)O[C@@H](OCC/C(=N\S(=O)(=O)CCCCCOC(c2ccccc2)(c2ccccc2)c2ccccc2)N(C(C)C)C(C)C)[C@@H]1OC(C)=O. The highest BCUT2D eigenvalue weighted by molar-refractivity contribution is 7.90. The molecule has 1 heterocycles. The summed E-state index contributed by atoms with van der Waals surface area (Å²) in [5.41, 5.74) is 2.12. The van der Waals surface area contributed by atoms with E-state index in [1.165, 1.54) is 20.8 Å². The van der Waals surface area contributed by atoms with Crippen molar-refractivity contribution in [1.29, 1.82) is 0 Å². The molecule has 0 aromatic heterocycles. The van der Waals surface area contributed by atoms with Crippen LogP contribution < -0.4 is 0 Å². The molecule has 1 fully saturated rings. The number of rotatable bonds is 20. The summed E-state index contributed by atoms with van der Waals surface area (Å²) in [7, 11) is -3.93. The summed E-state index contributed by atoms with van der Waals surface area (Å²) < 4.78 is 66.9. The topological polar surface area (TPSA) is 156 Å². The molecule has 0 unspecified atom stereocenters. The predicted octanol–water partition coefficient (Wildman–Crippen LogP) is 6.96. The zero-order valence-corrected chi connectivity index (χ0v) is 36.3. The average Bonchev–Trinajstić information content (AvgIpc) is 3.17. The molecule has 59 heavy (non-hydrogen) atoms. The van der Waals surface area contributed by atoms with Crippen LogP contribution in [-0.4, -0.2) is 98.8 Å². The molecule has 5 atom stereocenters. The first-order valence-electron chi connectivity index (χ1n) is 20.2. The van der Waals surface area contributed by atoms with Crippen LogP contribution in [0, 0.1) is 0 Å². The van der Waals surface area contributed by atoms with Crippen LogP contribution in [-0.2, 0) is 58.4 Å². The maximum absolute atomic E-state index is 13.6. The molecule has 322 valence electrons. The van der Waals surface area contributed by atoms with E-state index in [2.05, 4.69) is 40.8 Å². The number of hydrogen-bond acceptors (Lipinski definition) is 11. The molecular weight excluding hydrogens is 777 g/mol. The zero-order valence-electron chi connectivity index (χ0n) is 35.4. The Balaban J connectivity index is 1.46. The van der Waals surface area contributed by atoms with Crippen molar-refractivity contribution in [3.05, 3.63) is 108 Å². The summed E-state index contributed by atoms with van der Waals surface area (Å²) in [5, 5.41) is 0. The molecule has 14 heteroatoms. The van der Waals surface area contributed by atoms with Gasteiger partial charge in [0.15, 0.2) is 24.6 Å². The molecule has 13 nitrogen and oxygen atoms in total. The lowest BCUT2D eigenvalue weighted by Crippen LogP contribution is -2.61. The van der Waals surface area contributed by atoms with Gasteiger partial charge in [-0.1, -0.05) is 97.4 Å². The number of benzene rings is 3. The minimum atomic E-state index is -3.93. The molecule has 4 rings (SSSR count). The van der Waals surface area contributed by atoms with Gasteiger partial charge in [0.25, 0.3) is 10.0 Å². The molecule has 0 amide bonds. The fourth-order valence-corrected chi connectivity index (χ4v) is 8.71. The van der Waals surface area contributed by atoms with Gasteiger partial charge in [-0.2, -0.15) is 4.40 Å². The van der Waals surface area contributed by atoms with E-state index in [-0.39, 0.29) is 30.9 Å². The highest BCUT2D eigenvalue weighted by atomic mass is 32.2. The number of unbranched alkanes of at least 4 members (excludes halogenated alkanes) is 2. The largest absolute Gasteiger partial charge is 0.456 e. The van der Waals surface area contributed by atoms with Crippen molar-refractivity contribution in [2.45, 2.75) is 129 Å². The molecule has 0 bridgehead atoms. The summed E-state index contributed by atoms with van der Waals surface area (Å²) in [4.78, 5) is 38.1. The van der Waals surface area contributed by atoms with Crippen LogP contribution in [0.15, 0.2) is 95.4 Å². The predicted molar refractivity (Wildman–Crippen MR) is 224 cm³/mol. The van der Waals surface area contributed by atoms with Crippen molar-refractivity contribution >= 4 is 33.8 Å². The van der Waals surface area contributed by atoms with Gasteiger partial charge in [-0.3, -0.25) is 14.4 Å². The van der Waals surface area contributed by atoms with Crippen molar-refractivity contribution < 1.29 is 51.2 Å². The van der Waals surface area contributed by atoms with E-state index in [0.717, 1.165) is 16.7 Å². The van der Waals surface area contributed by atoms with Gasteiger partial charge in [0.1, 0.15) is 11.4 Å². The molecule has 0 radical (unpaired) electrons. The van der Waals surface area contributed by atoms with Gasteiger partial charge in [-0.25, -0.2) is 8.42 Å². The lowest BCUT2D eigenvalue weighted by Gasteiger charge is -2.43. The van der Waals surface area contributed by atoms with E-state index in [0.29, 0.717) is 31.7 Å². The first-order valence-corrected chi connectivity index (χ1v) is 21.9. The van der Waals surface area contributed by atoms with Crippen molar-refractivity contribution in [3.8, 4) is 0 Å². The second-order valence-electron chi connectivity index (χ2n) is 15.1. The Morgan fingerprint density at radius 3 is 1.59 bits per heavy atom. The highest BCUT2D eigenvalue weighted by Crippen LogP contribution is 2.40. The van der Waals surface area contributed by atoms with E-state index in [4.69, 9.17) is 28.4 Å². The van der Waals surface area contributed by atoms with Crippen LogP contribution in [0.5, 0.6) is 0 Å². The number of esters is 3. The molecule has 3 aromatic carbocycles. The summed E-state index contributed by atoms with van der Waals surface area (Å²) in [5.74, 6) is -1.89. The van der Waals surface area contributed by atoms with Crippen LogP contribution in [0.2, 0.25) is 0 Å². The number of nitrogens with zero attached hydrogens (tertiary/aromatic N) is 2. The van der Waals surface area contributed by atoms with E-state index in [1.807, 2.05) is 87.2 Å². The van der Waals surface area contributed by atoms with E-state index >= 15 is 0 Å². The van der Waals surface area contributed by atoms with Gasteiger partial charge in [-0.15, -0.1) is 0 Å². The first-order chi connectivity index (χ1) is 28.1. The second kappa shape index (κ2) is 22.1. The Morgan fingerprint density at radius 1 is 0.678 bits per heavy atom. The van der Waals surface area contributed by atoms with Gasteiger partial charge in [-0.05, 0) is 64.2 Å². The number of ether oxygens (including phenoxy) is 6. The van der Waals surface area contributed by atoms with E-state index in [1.54, 1.807) is 6.92 Å². The summed E-state index contributed by atoms with van der Waals surface area (Å²) in [6.07, 6.45) is -3.98. The third-order valence-electron chi connectivity index (χ3n) is 9.80. The minimum absolute atomic E-state index is 0.0661. The van der Waals surface area contributed by atoms with Gasteiger partial charge in [0.2, 0.25) is 0 Å². The molecule has 0 saturated carbocycles. The Morgan fingerprint density at radius 2 is 1.14 bits per heavy atom. The zero-order chi connectivity index (χ0) is 43.2. The van der Waals surface area contributed by atoms with Gasteiger partial charge < -0.3 is 33.3 Å². The molecule has 1 saturated heterocycles. The van der Waals surface area contributed by atoms with Crippen LogP contribution in [0.1, 0.15) is 97.8 Å². The number of amidine groups is 1. The second-order valence-corrected chi connectivity index (χ2v) is 16.9. The average molecular weight is 837 g/mol. The summed E-state index contributed by atoms with van der Waals surface area (Å²) >= 11 is 0. The third kappa shape index (κ3) is 13.2. The van der Waals surface area contributed by atoms with Crippen LogP contribution in [0.3, 0.4) is 0 Å². The minimum Gasteiger partial charge on any atom is -0.456 e. The molecule has 0 N–H and O–H groups in total.